The Morgan fingerprint density at radius 1 is 1.59 bits per heavy atom. The largest absolute Gasteiger partial charge is 0.361 e. The molecule has 1 N–H and O–H groups in total. The van der Waals surface area contributed by atoms with E-state index in [2.05, 4.69) is 15.1 Å². The van der Waals surface area contributed by atoms with Crippen molar-refractivity contribution in [1.29, 1.82) is 0 Å². The molecule has 0 amide bonds. The number of aromatic amines is 1. The van der Waals surface area contributed by atoms with Crippen LogP contribution in [0.3, 0.4) is 0 Å². The summed E-state index contributed by atoms with van der Waals surface area (Å²) in [6.07, 6.45) is 1.39. The van der Waals surface area contributed by atoms with E-state index in [0.717, 1.165) is 11.5 Å². The zero-order valence-electron chi connectivity index (χ0n) is 9.40. The standard InChI is InChI=1S/C10H11IN4O2/c1-6-3-7(14-17-6)4-15(2)9-8(11)10(16)13-5-12-9/h3,5H,4H2,1-2H3,(H,12,13,16). The molecule has 0 spiro atoms. The lowest BCUT2D eigenvalue weighted by Crippen LogP contribution is -2.23. The molecule has 0 atom stereocenters. The first-order chi connectivity index (χ1) is 8.08. The summed E-state index contributed by atoms with van der Waals surface area (Å²) < 4.78 is 5.55. The average molecular weight is 346 g/mol. The van der Waals surface area contributed by atoms with E-state index in [1.807, 2.05) is 47.5 Å². The molecule has 7 heteroatoms. The Labute approximate surface area is 111 Å². The molecule has 0 aliphatic heterocycles. The molecule has 0 saturated heterocycles. The van der Waals surface area contributed by atoms with Crippen LogP contribution < -0.4 is 10.5 Å². The van der Waals surface area contributed by atoms with E-state index >= 15 is 0 Å². The van der Waals surface area contributed by atoms with Gasteiger partial charge in [0, 0.05) is 13.1 Å². The molecule has 0 aliphatic carbocycles. The van der Waals surface area contributed by atoms with Crippen LogP contribution in [0.2, 0.25) is 0 Å². The van der Waals surface area contributed by atoms with E-state index in [4.69, 9.17) is 4.52 Å². The maximum atomic E-state index is 11.4. The Hall–Kier alpha value is -1.38. The van der Waals surface area contributed by atoms with E-state index < -0.39 is 0 Å². The van der Waals surface area contributed by atoms with Crippen molar-refractivity contribution in [3.05, 3.63) is 37.8 Å². The average Bonchev–Trinajstić information content (AvgIpc) is 2.68. The Kier molecular flexibility index (Phi) is 3.46. The third kappa shape index (κ3) is 2.65. The van der Waals surface area contributed by atoms with Crippen molar-refractivity contribution in [1.82, 2.24) is 15.1 Å². The van der Waals surface area contributed by atoms with E-state index in [-0.39, 0.29) is 5.56 Å². The molecule has 0 aromatic carbocycles. The Morgan fingerprint density at radius 3 is 3.00 bits per heavy atom. The molecule has 0 bridgehead atoms. The van der Waals surface area contributed by atoms with Gasteiger partial charge in [0.25, 0.3) is 5.56 Å². The highest BCUT2D eigenvalue weighted by atomic mass is 127. The number of halogens is 1. The molecule has 90 valence electrons. The molecular weight excluding hydrogens is 335 g/mol. The topological polar surface area (TPSA) is 75.0 Å². The van der Waals surface area contributed by atoms with Gasteiger partial charge in [-0.25, -0.2) is 4.98 Å². The summed E-state index contributed by atoms with van der Waals surface area (Å²) in [5.41, 5.74) is 0.668. The minimum Gasteiger partial charge on any atom is -0.361 e. The fourth-order valence-corrected chi connectivity index (χ4v) is 2.16. The van der Waals surface area contributed by atoms with E-state index in [9.17, 15) is 4.79 Å². The second-order valence-electron chi connectivity index (χ2n) is 3.65. The van der Waals surface area contributed by atoms with Crippen LogP contribution in [-0.4, -0.2) is 22.2 Å². The number of aromatic nitrogens is 3. The zero-order valence-corrected chi connectivity index (χ0v) is 11.6. The fourth-order valence-electron chi connectivity index (χ4n) is 1.45. The lowest BCUT2D eigenvalue weighted by Gasteiger charge is -2.16. The fraction of sp³-hybridized carbons (Fsp3) is 0.300. The van der Waals surface area contributed by atoms with Gasteiger partial charge >= 0.3 is 0 Å². The third-order valence-electron chi connectivity index (χ3n) is 2.22. The Morgan fingerprint density at radius 2 is 2.35 bits per heavy atom. The number of hydrogen-bond donors (Lipinski definition) is 1. The molecule has 2 heterocycles. The quantitative estimate of drug-likeness (QED) is 0.849. The molecule has 0 aliphatic rings. The Balaban J connectivity index is 2.23. The van der Waals surface area contributed by atoms with Crippen LogP contribution in [-0.2, 0) is 6.54 Å². The van der Waals surface area contributed by atoms with Crippen molar-refractivity contribution in [2.75, 3.05) is 11.9 Å². The molecule has 6 nitrogen and oxygen atoms in total. The predicted molar refractivity (Wildman–Crippen MR) is 70.9 cm³/mol. The van der Waals surface area contributed by atoms with Gasteiger partial charge in [0.15, 0.2) is 0 Å². The highest BCUT2D eigenvalue weighted by Crippen LogP contribution is 2.16. The monoisotopic (exact) mass is 346 g/mol. The first-order valence-electron chi connectivity index (χ1n) is 4.94. The first kappa shape index (κ1) is 12.1. The van der Waals surface area contributed by atoms with Gasteiger partial charge < -0.3 is 14.4 Å². The number of anilines is 1. The van der Waals surface area contributed by atoms with Crippen LogP contribution in [0.1, 0.15) is 11.5 Å². The van der Waals surface area contributed by atoms with Crippen LogP contribution in [0.5, 0.6) is 0 Å². The maximum absolute atomic E-state index is 11.4. The van der Waals surface area contributed by atoms with Crippen molar-refractivity contribution in [2.24, 2.45) is 0 Å². The molecule has 17 heavy (non-hydrogen) atoms. The number of nitrogens with one attached hydrogen (secondary N) is 1. The van der Waals surface area contributed by atoms with E-state index in [0.29, 0.717) is 15.9 Å². The molecule has 2 aromatic heterocycles. The second-order valence-corrected chi connectivity index (χ2v) is 4.73. The summed E-state index contributed by atoms with van der Waals surface area (Å²) in [5.74, 6) is 1.40. The molecule has 0 saturated carbocycles. The van der Waals surface area contributed by atoms with Gasteiger partial charge in [-0.1, -0.05) is 5.16 Å². The lowest BCUT2D eigenvalue weighted by molar-refractivity contribution is 0.390. The number of nitrogens with zero attached hydrogens (tertiary/aromatic N) is 3. The summed E-state index contributed by atoms with van der Waals surface area (Å²) >= 11 is 1.98. The van der Waals surface area contributed by atoms with Gasteiger partial charge in [0.2, 0.25) is 0 Å². The van der Waals surface area contributed by atoms with Crippen molar-refractivity contribution < 1.29 is 4.52 Å². The van der Waals surface area contributed by atoms with Gasteiger partial charge in [0.1, 0.15) is 20.8 Å². The SMILES string of the molecule is Cc1cc(CN(C)c2nc[nH]c(=O)c2I)no1. The van der Waals surface area contributed by atoms with Crippen LogP contribution in [0.25, 0.3) is 0 Å². The van der Waals surface area contributed by atoms with Crippen molar-refractivity contribution in [2.45, 2.75) is 13.5 Å². The highest BCUT2D eigenvalue weighted by Gasteiger charge is 2.12. The first-order valence-corrected chi connectivity index (χ1v) is 6.02. The smallest absolute Gasteiger partial charge is 0.266 e. The maximum Gasteiger partial charge on any atom is 0.266 e. The zero-order chi connectivity index (χ0) is 12.4. The number of hydrogen-bond acceptors (Lipinski definition) is 5. The van der Waals surface area contributed by atoms with Gasteiger partial charge in [-0.05, 0) is 29.5 Å². The second kappa shape index (κ2) is 4.86. The van der Waals surface area contributed by atoms with Crippen LogP contribution in [0.15, 0.2) is 21.7 Å². The molecule has 0 fully saturated rings. The van der Waals surface area contributed by atoms with Crippen LogP contribution in [0, 0.1) is 10.5 Å². The Bertz CT molecular complexity index is 578. The molecule has 2 aromatic rings. The summed E-state index contributed by atoms with van der Waals surface area (Å²) in [7, 11) is 1.86. The van der Waals surface area contributed by atoms with E-state index in [1.165, 1.54) is 6.33 Å². The number of H-pyrrole nitrogens is 1. The summed E-state index contributed by atoms with van der Waals surface area (Å²) in [6, 6.07) is 1.86. The van der Waals surface area contributed by atoms with Crippen LogP contribution in [0.4, 0.5) is 5.82 Å². The predicted octanol–water partition coefficient (Wildman–Crippen LogP) is 1.31. The number of rotatable bonds is 3. The minimum absolute atomic E-state index is 0.140. The molecular formula is C10H11IN4O2. The summed E-state index contributed by atoms with van der Waals surface area (Å²) in [5, 5.41) is 3.90. The number of aryl methyl sites for hydroxylation is 1. The summed E-state index contributed by atoms with van der Waals surface area (Å²) in [4.78, 5) is 20.0. The van der Waals surface area contributed by atoms with Crippen molar-refractivity contribution in [3.8, 4) is 0 Å². The normalized spacial score (nSPS) is 10.5. The third-order valence-corrected chi connectivity index (χ3v) is 3.19. The van der Waals surface area contributed by atoms with Gasteiger partial charge in [-0.2, -0.15) is 0 Å². The van der Waals surface area contributed by atoms with Crippen molar-refractivity contribution >= 4 is 28.4 Å². The van der Waals surface area contributed by atoms with Crippen LogP contribution >= 0.6 is 22.6 Å². The van der Waals surface area contributed by atoms with E-state index in [1.54, 1.807) is 0 Å². The lowest BCUT2D eigenvalue weighted by atomic mass is 10.3. The summed E-state index contributed by atoms with van der Waals surface area (Å²) in [6.45, 7) is 2.38. The van der Waals surface area contributed by atoms with Gasteiger partial charge in [-0.3, -0.25) is 4.79 Å². The van der Waals surface area contributed by atoms with Gasteiger partial charge in [0.05, 0.1) is 12.9 Å². The molecule has 0 unspecified atom stereocenters. The highest BCUT2D eigenvalue weighted by molar-refractivity contribution is 14.1. The molecule has 2 rings (SSSR count). The van der Waals surface area contributed by atoms with Crippen molar-refractivity contribution in [3.63, 3.8) is 0 Å². The molecule has 0 radical (unpaired) electrons. The van der Waals surface area contributed by atoms with Gasteiger partial charge in [-0.15, -0.1) is 0 Å². The minimum atomic E-state index is -0.140.